The van der Waals surface area contributed by atoms with E-state index in [2.05, 4.69) is 10.6 Å². The molecule has 0 unspecified atom stereocenters. The normalized spacial score (nSPS) is 9.43. The number of rotatable bonds is 4. The molecule has 0 rings (SSSR count). The van der Waals surface area contributed by atoms with Crippen LogP contribution in [0, 0.1) is 0 Å². The third kappa shape index (κ3) is 5.88. The van der Waals surface area contributed by atoms with E-state index < -0.39 is 0 Å². The highest BCUT2D eigenvalue weighted by Crippen LogP contribution is 1.59. The molecule has 0 aliphatic rings. The largest absolute Gasteiger partial charge is 0.351 e. The molecule has 0 aliphatic carbocycles. The lowest BCUT2D eigenvalue weighted by atomic mass is 11.1. The first kappa shape index (κ1) is 6.88. The zero-order valence-electron chi connectivity index (χ0n) is 4.82. The second kappa shape index (κ2) is 5.88. The lowest BCUT2D eigenvalue weighted by molar-refractivity contribution is 0.110. The monoisotopic (exact) mass is 104 g/mol. The van der Waals surface area contributed by atoms with Gasteiger partial charge in [-0.05, 0) is 14.1 Å². The van der Waals surface area contributed by atoms with Crippen LogP contribution in [0.5, 0.6) is 0 Å². The minimum Gasteiger partial charge on any atom is -0.351 e. The highest BCUT2D eigenvalue weighted by atomic mass is 16.5. The SMILES string of the molecule is CNCOCNC. The summed E-state index contributed by atoms with van der Waals surface area (Å²) in [7, 11) is 3.69. The van der Waals surface area contributed by atoms with Crippen molar-refractivity contribution >= 4 is 0 Å². The molecule has 3 heteroatoms. The Morgan fingerprint density at radius 1 is 1.14 bits per heavy atom. The zero-order chi connectivity index (χ0) is 5.54. The average molecular weight is 104 g/mol. The van der Waals surface area contributed by atoms with Crippen LogP contribution in [0.15, 0.2) is 0 Å². The van der Waals surface area contributed by atoms with Crippen LogP contribution in [0.1, 0.15) is 0 Å². The number of ether oxygens (including phenoxy) is 1. The van der Waals surface area contributed by atoms with E-state index in [4.69, 9.17) is 4.74 Å². The van der Waals surface area contributed by atoms with Gasteiger partial charge < -0.3 is 4.74 Å². The van der Waals surface area contributed by atoms with Crippen LogP contribution < -0.4 is 10.6 Å². The van der Waals surface area contributed by atoms with E-state index in [-0.39, 0.29) is 0 Å². The molecule has 0 heterocycles. The topological polar surface area (TPSA) is 33.3 Å². The van der Waals surface area contributed by atoms with E-state index in [1.165, 1.54) is 0 Å². The molecule has 0 amide bonds. The summed E-state index contributed by atoms with van der Waals surface area (Å²) in [5.74, 6) is 0. The number of hydrogen-bond donors (Lipinski definition) is 2. The Morgan fingerprint density at radius 3 is 1.86 bits per heavy atom. The summed E-state index contributed by atoms with van der Waals surface area (Å²) in [5.41, 5.74) is 0. The van der Waals surface area contributed by atoms with Crippen LogP contribution in [0.3, 0.4) is 0 Å². The maximum absolute atomic E-state index is 4.91. The van der Waals surface area contributed by atoms with Gasteiger partial charge in [0.15, 0.2) is 0 Å². The van der Waals surface area contributed by atoms with Crippen molar-refractivity contribution in [2.45, 2.75) is 0 Å². The van der Waals surface area contributed by atoms with Gasteiger partial charge in [0.05, 0.1) is 13.5 Å². The molecule has 0 saturated carbocycles. The predicted octanol–water partition coefficient (Wildman–Crippen LogP) is -0.643. The molecule has 0 aromatic heterocycles. The molecule has 0 spiro atoms. The Hall–Kier alpha value is -0.120. The van der Waals surface area contributed by atoms with Crippen LogP contribution in [0.2, 0.25) is 0 Å². The molecule has 2 N–H and O–H groups in total. The van der Waals surface area contributed by atoms with E-state index >= 15 is 0 Å². The van der Waals surface area contributed by atoms with E-state index in [1.807, 2.05) is 14.1 Å². The molecule has 0 bridgehead atoms. The van der Waals surface area contributed by atoms with E-state index in [9.17, 15) is 0 Å². The second-order valence-corrected chi connectivity index (χ2v) is 1.20. The molecule has 7 heavy (non-hydrogen) atoms. The molecule has 0 aromatic carbocycles. The fraction of sp³-hybridized carbons (Fsp3) is 1.00. The van der Waals surface area contributed by atoms with Crippen LogP contribution in [-0.2, 0) is 4.74 Å². The summed E-state index contributed by atoms with van der Waals surface area (Å²) in [6.07, 6.45) is 0. The van der Waals surface area contributed by atoms with E-state index in [0.29, 0.717) is 13.5 Å². The molecule has 0 aromatic rings. The Balaban J connectivity index is 2.45. The quantitative estimate of drug-likeness (QED) is 0.367. The van der Waals surface area contributed by atoms with Gasteiger partial charge in [0.25, 0.3) is 0 Å². The van der Waals surface area contributed by atoms with Gasteiger partial charge in [0, 0.05) is 0 Å². The van der Waals surface area contributed by atoms with E-state index in [0.717, 1.165) is 0 Å². The Kier molecular flexibility index (Phi) is 5.78. The molecular formula is C4H12N2O. The van der Waals surface area contributed by atoms with Crippen LogP contribution in [0.25, 0.3) is 0 Å². The van der Waals surface area contributed by atoms with E-state index in [1.54, 1.807) is 0 Å². The Labute approximate surface area is 44.0 Å². The molecule has 3 nitrogen and oxygen atoms in total. The maximum Gasteiger partial charge on any atom is 0.0980 e. The first-order valence-corrected chi connectivity index (χ1v) is 2.28. The standard InChI is InChI=1S/C4H12N2O/c1-5-3-7-4-6-2/h5-6H,3-4H2,1-2H3. The summed E-state index contributed by atoms with van der Waals surface area (Å²) in [5, 5.41) is 5.68. The first-order valence-electron chi connectivity index (χ1n) is 2.28. The highest BCUT2D eigenvalue weighted by molar-refractivity contribution is 4.18. The first-order chi connectivity index (χ1) is 3.41. The minimum atomic E-state index is 0.612. The lowest BCUT2D eigenvalue weighted by Gasteiger charge is -1.98. The van der Waals surface area contributed by atoms with Crippen molar-refractivity contribution in [1.82, 2.24) is 10.6 Å². The van der Waals surface area contributed by atoms with Crippen molar-refractivity contribution in [2.24, 2.45) is 0 Å². The maximum atomic E-state index is 4.91. The molecule has 0 atom stereocenters. The average Bonchev–Trinajstić information content (AvgIpc) is 1.69. The zero-order valence-corrected chi connectivity index (χ0v) is 4.82. The smallest absolute Gasteiger partial charge is 0.0980 e. The van der Waals surface area contributed by atoms with Gasteiger partial charge in [0.2, 0.25) is 0 Å². The van der Waals surface area contributed by atoms with Gasteiger partial charge in [-0.1, -0.05) is 0 Å². The van der Waals surface area contributed by atoms with Gasteiger partial charge in [-0.2, -0.15) is 0 Å². The van der Waals surface area contributed by atoms with Gasteiger partial charge >= 0.3 is 0 Å². The van der Waals surface area contributed by atoms with Crippen LogP contribution in [-0.4, -0.2) is 27.6 Å². The second-order valence-electron chi connectivity index (χ2n) is 1.20. The molecule has 44 valence electrons. The van der Waals surface area contributed by atoms with Crippen LogP contribution >= 0.6 is 0 Å². The molecule has 0 fully saturated rings. The summed E-state index contributed by atoms with van der Waals surface area (Å²) in [6.45, 7) is 1.22. The lowest BCUT2D eigenvalue weighted by Crippen LogP contribution is -2.18. The third-order valence-corrected chi connectivity index (χ3v) is 0.493. The van der Waals surface area contributed by atoms with Crippen molar-refractivity contribution in [2.75, 3.05) is 27.6 Å². The molecule has 0 saturated heterocycles. The van der Waals surface area contributed by atoms with Crippen molar-refractivity contribution in [3.05, 3.63) is 0 Å². The highest BCUT2D eigenvalue weighted by Gasteiger charge is 1.74. The van der Waals surface area contributed by atoms with Crippen molar-refractivity contribution < 1.29 is 4.74 Å². The predicted molar refractivity (Wildman–Crippen MR) is 28.9 cm³/mol. The van der Waals surface area contributed by atoms with Crippen molar-refractivity contribution in [3.8, 4) is 0 Å². The van der Waals surface area contributed by atoms with Crippen molar-refractivity contribution in [1.29, 1.82) is 0 Å². The van der Waals surface area contributed by atoms with Gasteiger partial charge in [-0.15, -0.1) is 0 Å². The third-order valence-electron chi connectivity index (χ3n) is 0.493. The van der Waals surface area contributed by atoms with Crippen LogP contribution in [0.4, 0.5) is 0 Å². The molecular weight excluding hydrogens is 92.1 g/mol. The minimum absolute atomic E-state index is 0.612. The summed E-state index contributed by atoms with van der Waals surface area (Å²) in [6, 6.07) is 0. The van der Waals surface area contributed by atoms with Gasteiger partial charge in [-0.3, -0.25) is 10.6 Å². The number of nitrogens with one attached hydrogen (secondary N) is 2. The van der Waals surface area contributed by atoms with Gasteiger partial charge in [0.1, 0.15) is 0 Å². The fourth-order valence-electron chi connectivity index (χ4n) is 0.255. The molecule has 0 aliphatic heterocycles. The summed E-state index contributed by atoms with van der Waals surface area (Å²) < 4.78 is 4.91. The van der Waals surface area contributed by atoms with Gasteiger partial charge in [-0.25, -0.2) is 0 Å². The van der Waals surface area contributed by atoms with Crippen molar-refractivity contribution in [3.63, 3.8) is 0 Å². The number of hydrogen-bond acceptors (Lipinski definition) is 3. The summed E-state index contributed by atoms with van der Waals surface area (Å²) >= 11 is 0. The fourth-order valence-corrected chi connectivity index (χ4v) is 0.255. The molecule has 0 radical (unpaired) electrons. The summed E-state index contributed by atoms with van der Waals surface area (Å²) in [4.78, 5) is 0. The Bertz CT molecular complexity index is 28.9. The Morgan fingerprint density at radius 2 is 1.57 bits per heavy atom.